The summed E-state index contributed by atoms with van der Waals surface area (Å²) < 4.78 is 5.70. The van der Waals surface area contributed by atoms with E-state index in [1.807, 2.05) is 55.5 Å². The smallest absolute Gasteiger partial charge is 0.340 e. The van der Waals surface area contributed by atoms with Gasteiger partial charge in [-0.3, -0.25) is 4.98 Å². The predicted octanol–water partition coefficient (Wildman–Crippen LogP) is 4.08. The Morgan fingerprint density at radius 2 is 1.69 bits per heavy atom. The number of fused-ring (bicyclic) bond motifs is 1. The largest absolute Gasteiger partial charge is 0.507 e. The molecule has 2 aromatic heterocycles. The number of phenols is 1. The van der Waals surface area contributed by atoms with Gasteiger partial charge in [-0.05, 0) is 47.9 Å². The fourth-order valence-corrected chi connectivity index (χ4v) is 3.51. The Balaban J connectivity index is 1.67. The molecule has 29 heavy (non-hydrogen) atoms. The van der Waals surface area contributed by atoms with Crippen LogP contribution in [0.4, 0.5) is 0 Å². The Morgan fingerprint density at radius 3 is 2.45 bits per heavy atom. The van der Waals surface area contributed by atoms with Crippen molar-refractivity contribution in [1.29, 1.82) is 0 Å². The third-order valence-electron chi connectivity index (χ3n) is 5.14. The number of aryl methyl sites for hydroxylation is 1. The molecule has 0 saturated heterocycles. The number of aromatic hydroxyl groups is 1. The van der Waals surface area contributed by atoms with Crippen LogP contribution >= 0.6 is 0 Å². The second-order valence-corrected chi connectivity index (χ2v) is 7.05. The maximum Gasteiger partial charge on any atom is 0.340 e. The molecule has 2 heterocycles. The molecule has 0 aliphatic carbocycles. The zero-order chi connectivity index (χ0) is 20.2. The molecule has 4 aromatic rings. The van der Waals surface area contributed by atoms with Gasteiger partial charge in [-0.2, -0.15) is 0 Å². The average molecular weight is 386 g/mol. The first kappa shape index (κ1) is 18.9. The Kier molecular flexibility index (Phi) is 5.40. The lowest BCUT2D eigenvalue weighted by molar-refractivity contribution is 0.460. The van der Waals surface area contributed by atoms with Crippen molar-refractivity contribution in [2.45, 2.75) is 26.4 Å². The van der Waals surface area contributed by atoms with Crippen LogP contribution in [0.1, 0.15) is 27.8 Å². The van der Waals surface area contributed by atoms with E-state index in [9.17, 15) is 9.90 Å². The molecule has 146 valence electrons. The van der Waals surface area contributed by atoms with Crippen molar-refractivity contribution >= 4 is 11.0 Å². The summed E-state index contributed by atoms with van der Waals surface area (Å²) in [5, 5.41) is 14.5. The third-order valence-corrected chi connectivity index (χ3v) is 5.14. The molecule has 0 radical (unpaired) electrons. The van der Waals surface area contributed by atoms with E-state index in [-0.39, 0.29) is 11.4 Å². The zero-order valence-electron chi connectivity index (χ0n) is 16.2. The molecule has 0 spiro atoms. The van der Waals surface area contributed by atoms with Crippen molar-refractivity contribution in [2.75, 3.05) is 0 Å². The molecule has 0 atom stereocenters. The Labute approximate surface area is 168 Å². The van der Waals surface area contributed by atoms with Crippen LogP contribution in [0.15, 0.2) is 76.2 Å². The molecule has 0 aliphatic rings. The molecule has 0 bridgehead atoms. The van der Waals surface area contributed by atoms with Gasteiger partial charge in [-0.25, -0.2) is 4.79 Å². The van der Waals surface area contributed by atoms with Gasteiger partial charge in [0.25, 0.3) is 0 Å². The maximum atomic E-state index is 12.7. The topological polar surface area (TPSA) is 75.4 Å². The average Bonchev–Trinajstić information content (AvgIpc) is 2.74. The van der Waals surface area contributed by atoms with Crippen LogP contribution in [-0.2, 0) is 19.5 Å². The molecule has 0 amide bonds. The summed E-state index contributed by atoms with van der Waals surface area (Å²) in [6.07, 6.45) is 3.99. The third kappa shape index (κ3) is 4.05. The molecular weight excluding hydrogens is 364 g/mol. The highest BCUT2D eigenvalue weighted by atomic mass is 16.4. The van der Waals surface area contributed by atoms with E-state index in [1.54, 1.807) is 18.5 Å². The minimum atomic E-state index is -0.361. The van der Waals surface area contributed by atoms with Crippen molar-refractivity contribution in [2.24, 2.45) is 0 Å². The highest BCUT2D eigenvalue weighted by molar-refractivity contribution is 5.85. The van der Waals surface area contributed by atoms with Crippen LogP contribution in [0.2, 0.25) is 0 Å². The molecule has 0 aliphatic heterocycles. The lowest BCUT2D eigenvalue weighted by atomic mass is 9.98. The highest BCUT2D eigenvalue weighted by Crippen LogP contribution is 2.30. The molecule has 4 rings (SSSR count). The normalized spacial score (nSPS) is 11.1. The van der Waals surface area contributed by atoms with Crippen molar-refractivity contribution in [3.8, 4) is 5.75 Å². The standard InChI is InChI=1S/C24H22N2O3/c1-16-19-7-8-22(27)21(15-26-14-18-9-11-25-12-10-18)23(19)29-24(28)20(16)13-17-5-3-2-4-6-17/h2-12,26-27H,13-15H2,1H3. The second kappa shape index (κ2) is 8.29. The van der Waals surface area contributed by atoms with Crippen LogP contribution in [0, 0.1) is 6.92 Å². The summed E-state index contributed by atoms with van der Waals surface area (Å²) >= 11 is 0. The van der Waals surface area contributed by atoms with Gasteiger partial charge in [-0.15, -0.1) is 0 Å². The first-order valence-electron chi connectivity index (χ1n) is 9.54. The van der Waals surface area contributed by atoms with Gasteiger partial charge in [0, 0.05) is 42.9 Å². The van der Waals surface area contributed by atoms with E-state index >= 15 is 0 Å². The quantitative estimate of drug-likeness (QED) is 0.488. The van der Waals surface area contributed by atoms with Crippen LogP contribution in [-0.4, -0.2) is 10.1 Å². The molecule has 0 unspecified atom stereocenters. The molecular formula is C24H22N2O3. The monoisotopic (exact) mass is 386 g/mol. The van der Waals surface area contributed by atoms with E-state index in [1.165, 1.54) is 0 Å². The van der Waals surface area contributed by atoms with Crippen LogP contribution in [0.3, 0.4) is 0 Å². The number of pyridine rings is 1. The molecule has 2 aromatic carbocycles. The van der Waals surface area contributed by atoms with Crippen molar-refractivity contribution in [3.63, 3.8) is 0 Å². The summed E-state index contributed by atoms with van der Waals surface area (Å²) in [6, 6.07) is 17.2. The first-order valence-corrected chi connectivity index (χ1v) is 9.54. The summed E-state index contributed by atoms with van der Waals surface area (Å²) in [5.41, 5.74) is 4.33. The molecule has 2 N–H and O–H groups in total. The molecule has 0 saturated carbocycles. The minimum absolute atomic E-state index is 0.109. The van der Waals surface area contributed by atoms with Crippen molar-refractivity contribution in [3.05, 3.63) is 105 Å². The number of nitrogens with one attached hydrogen (secondary N) is 1. The van der Waals surface area contributed by atoms with Crippen molar-refractivity contribution < 1.29 is 9.52 Å². The molecule has 5 nitrogen and oxygen atoms in total. The number of aromatic nitrogens is 1. The maximum absolute atomic E-state index is 12.7. The molecule has 5 heteroatoms. The Hall–Kier alpha value is -3.44. The number of nitrogens with zero attached hydrogens (tertiary/aromatic N) is 1. The van der Waals surface area contributed by atoms with Gasteiger partial charge in [0.1, 0.15) is 11.3 Å². The van der Waals surface area contributed by atoms with E-state index in [4.69, 9.17) is 4.42 Å². The van der Waals surface area contributed by atoms with Crippen molar-refractivity contribution in [1.82, 2.24) is 10.3 Å². The van der Waals surface area contributed by atoms with Gasteiger partial charge in [0.2, 0.25) is 0 Å². The number of hydrogen-bond donors (Lipinski definition) is 2. The van der Waals surface area contributed by atoms with Gasteiger partial charge >= 0.3 is 5.63 Å². The van der Waals surface area contributed by atoms with Crippen LogP contribution in [0.5, 0.6) is 5.75 Å². The summed E-state index contributed by atoms with van der Waals surface area (Å²) in [7, 11) is 0. The van der Waals surface area contributed by atoms with Gasteiger partial charge in [0.05, 0.1) is 5.56 Å². The Morgan fingerprint density at radius 1 is 0.931 bits per heavy atom. The van der Waals surface area contributed by atoms with E-state index < -0.39 is 0 Å². The predicted molar refractivity (Wildman–Crippen MR) is 113 cm³/mol. The van der Waals surface area contributed by atoms with Gasteiger partial charge in [-0.1, -0.05) is 30.3 Å². The number of hydrogen-bond acceptors (Lipinski definition) is 5. The lowest BCUT2D eigenvalue weighted by Gasteiger charge is -2.13. The second-order valence-electron chi connectivity index (χ2n) is 7.05. The van der Waals surface area contributed by atoms with E-state index in [0.717, 1.165) is 22.1 Å². The van der Waals surface area contributed by atoms with Gasteiger partial charge in [0.15, 0.2) is 0 Å². The minimum Gasteiger partial charge on any atom is -0.507 e. The van der Waals surface area contributed by atoms with Crippen LogP contribution < -0.4 is 10.9 Å². The lowest BCUT2D eigenvalue weighted by Crippen LogP contribution is -2.15. The van der Waals surface area contributed by atoms with E-state index in [0.29, 0.717) is 36.2 Å². The fraction of sp³-hybridized carbons (Fsp3) is 0.167. The number of phenolic OH excluding ortho intramolecular Hbond substituents is 1. The first-order chi connectivity index (χ1) is 14.1. The zero-order valence-corrected chi connectivity index (χ0v) is 16.2. The van der Waals surface area contributed by atoms with Crippen LogP contribution in [0.25, 0.3) is 11.0 Å². The number of rotatable bonds is 6. The summed E-state index contributed by atoms with van der Waals surface area (Å²) in [5.74, 6) is 0.109. The Bertz CT molecular complexity index is 1190. The summed E-state index contributed by atoms with van der Waals surface area (Å²) in [6.45, 7) is 2.93. The SMILES string of the molecule is Cc1c(Cc2ccccc2)c(=O)oc2c(CNCc3ccncc3)c(O)ccc12. The highest BCUT2D eigenvalue weighted by Gasteiger charge is 2.16. The fourth-order valence-electron chi connectivity index (χ4n) is 3.51. The molecule has 0 fully saturated rings. The van der Waals surface area contributed by atoms with Gasteiger partial charge < -0.3 is 14.8 Å². The summed E-state index contributed by atoms with van der Waals surface area (Å²) in [4.78, 5) is 16.7. The number of benzene rings is 2. The van der Waals surface area contributed by atoms with E-state index in [2.05, 4.69) is 10.3 Å².